The summed E-state index contributed by atoms with van der Waals surface area (Å²) in [5, 5.41) is 19.8. The summed E-state index contributed by atoms with van der Waals surface area (Å²) in [6.45, 7) is 0.180. The second-order valence-corrected chi connectivity index (χ2v) is 5.51. The molecule has 0 bridgehead atoms. The van der Waals surface area contributed by atoms with E-state index in [-0.39, 0.29) is 18.1 Å². The highest BCUT2D eigenvalue weighted by Gasteiger charge is 2.18. The number of aliphatic hydroxyl groups is 1. The molecule has 2 aromatic carbocycles. The number of phenolic OH excluding ortho intramolecular Hbond substituents is 1. The molecule has 0 spiro atoms. The summed E-state index contributed by atoms with van der Waals surface area (Å²) in [5.41, 5.74) is 2.63. The highest BCUT2D eigenvalue weighted by molar-refractivity contribution is 5.85. The normalized spacial score (nSPS) is 11.0. The van der Waals surface area contributed by atoms with Crippen LogP contribution >= 0.6 is 0 Å². The van der Waals surface area contributed by atoms with E-state index in [4.69, 9.17) is 19.0 Å². The summed E-state index contributed by atoms with van der Waals surface area (Å²) in [6, 6.07) is 11.2. The van der Waals surface area contributed by atoms with Crippen molar-refractivity contribution in [3.05, 3.63) is 42.0 Å². The first-order chi connectivity index (χ1) is 11.7. The van der Waals surface area contributed by atoms with Gasteiger partial charge in [-0.1, -0.05) is 6.07 Å². The molecule has 0 radical (unpaired) electrons. The van der Waals surface area contributed by atoms with Gasteiger partial charge in [0.1, 0.15) is 11.3 Å². The highest BCUT2D eigenvalue weighted by Crippen LogP contribution is 2.44. The molecule has 3 aromatic rings. The van der Waals surface area contributed by atoms with Gasteiger partial charge in [0.15, 0.2) is 11.5 Å². The second-order valence-electron chi connectivity index (χ2n) is 5.51. The average molecular weight is 328 g/mol. The maximum Gasteiger partial charge on any atom is 0.203 e. The van der Waals surface area contributed by atoms with E-state index in [1.54, 1.807) is 12.1 Å². The van der Waals surface area contributed by atoms with Crippen LogP contribution in [0.2, 0.25) is 0 Å². The molecule has 5 heteroatoms. The Morgan fingerprint density at radius 3 is 2.50 bits per heavy atom. The molecule has 1 aromatic heterocycles. The maximum absolute atomic E-state index is 9.90. The fraction of sp³-hybridized carbons (Fsp3) is 0.263. The van der Waals surface area contributed by atoms with Crippen molar-refractivity contribution in [2.75, 3.05) is 20.8 Å². The van der Waals surface area contributed by atoms with Crippen molar-refractivity contribution < 1.29 is 24.1 Å². The minimum Gasteiger partial charge on any atom is -0.504 e. The van der Waals surface area contributed by atoms with Gasteiger partial charge < -0.3 is 24.1 Å². The molecular formula is C19H20O5. The van der Waals surface area contributed by atoms with E-state index < -0.39 is 0 Å². The number of rotatable bonds is 6. The van der Waals surface area contributed by atoms with Gasteiger partial charge in [0.2, 0.25) is 5.75 Å². The van der Waals surface area contributed by atoms with Crippen LogP contribution in [-0.4, -0.2) is 31.0 Å². The Morgan fingerprint density at radius 2 is 1.79 bits per heavy atom. The molecule has 0 aliphatic rings. The molecule has 126 valence electrons. The SMILES string of the molecule is COc1c(O)ccc(-c2cc3cc(CCCO)ccc3o2)c1OC. The van der Waals surface area contributed by atoms with Gasteiger partial charge >= 0.3 is 0 Å². The number of aromatic hydroxyl groups is 1. The zero-order valence-corrected chi connectivity index (χ0v) is 13.7. The Hall–Kier alpha value is -2.66. The van der Waals surface area contributed by atoms with Crippen LogP contribution < -0.4 is 9.47 Å². The van der Waals surface area contributed by atoms with Crippen LogP contribution in [0, 0.1) is 0 Å². The third-order valence-electron chi connectivity index (χ3n) is 3.97. The third kappa shape index (κ3) is 2.90. The van der Waals surface area contributed by atoms with Crippen molar-refractivity contribution in [2.45, 2.75) is 12.8 Å². The number of ether oxygens (including phenoxy) is 2. The van der Waals surface area contributed by atoms with Crippen molar-refractivity contribution in [1.82, 2.24) is 0 Å². The molecule has 0 aliphatic heterocycles. The van der Waals surface area contributed by atoms with E-state index >= 15 is 0 Å². The zero-order valence-electron chi connectivity index (χ0n) is 13.7. The molecule has 24 heavy (non-hydrogen) atoms. The fourth-order valence-corrected chi connectivity index (χ4v) is 2.81. The number of phenols is 1. The standard InChI is InChI=1S/C19H20O5/c1-22-18-14(6-7-15(21)19(18)23-2)17-11-13-10-12(4-3-9-20)5-8-16(13)24-17/h5-8,10-11,20-21H,3-4,9H2,1-2H3. The number of furan rings is 1. The average Bonchev–Trinajstić information content (AvgIpc) is 3.02. The first-order valence-corrected chi connectivity index (χ1v) is 7.75. The molecule has 0 unspecified atom stereocenters. The number of aliphatic hydroxyl groups excluding tert-OH is 1. The summed E-state index contributed by atoms with van der Waals surface area (Å²) < 4.78 is 16.6. The predicted octanol–water partition coefficient (Wildman–Crippen LogP) is 3.75. The van der Waals surface area contributed by atoms with Gasteiger partial charge in [-0.15, -0.1) is 0 Å². The van der Waals surface area contributed by atoms with Crippen molar-refractivity contribution in [3.8, 4) is 28.6 Å². The van der Waals surface area contributed by atoms with Crippen LogP contribution in [0.25, 0.3) is 22.3 Å². The van der Waals surface area contributed by atoms with Crippen LogP contribution in [0.1, 0.15) is 12.0 Å². The smallest absolute Gasteiger partial charge is 0.203 e. The number of hydrogen-bond acceptors (Lipinski definition) is 5. The quantitative estimate of drug-likeness (QED) is 0.721. The lowest BCUT2D eigenvalue weighted by Crippen LogP contribution is -1.93. The molecule has 5 nitrogen and oxygen atoms in total. The lowest BCUT2D eigenvalue weighted by atomic mass is 10.1. The lowest BCUT2D eigenvalue weighted by molar-refractivity contribution is 0.288. The van der Waals surface area contributed by atoms with E-state index in [1.807, 2.05) is 18.2 Å². The molecule has 2 N–H and O–H groups in total. The van der Waals surface area contributed by atoms with Gasteiger partial charge in [0.05, 0.1) is 19.8 Å². The molecule has 0 fully saturated rings. The van der Waals surface area contributed by atoms with E-state index in [1.165, 1.54) is 14.2 Å². The first kappa shape index (κ1) is 16.2. The first-order valence-electron chi connectivity index (χ1n) is 7.75. The summed E-state index contributed by atoms with van der Waals surface area (Å²) in [7, 11) is 3.00. The number of benzene rings is 2. The number of fused-ring (bicyclic) bond motifs is 1. The molecule has 0 saturated heterocycles. The Balaban J connectivity index is 2.06. The van der Waals surface area contributed by atoms with Crippen LogP contribution in [0.5, 0.6) is 17.2 Å². The molecule has 0 atom stereocenters. The molecule has 1 heterocycles. The van der Waals surface area contributed by atoms with Crippen molar-refractivity contribution >= 4 is 11.0 Å². The number of hydrogen-bond donors (Lipinski definition) is 2. The second kappa shape index (κ2) is 6.84. The molecule has 0 amide bonds. The van der Waals surface area contributed by atoms with E-state index in [9.17, 15) is 5.11 Å². The highest BCUT2D eigenvalue weighted by atomic mass is 16.5. The van der Waals surface area contributed by atoms with Gasteiger partial charge in [0.25, 0.3) is 0 Å². The number of aryl methyl sites for hydroxylation is 1. The summed E-state index contributed by atoms with van der Waals surface area (Å²) in [4.78, 5) is 0. The molecular weight excluding hydrogens is 308 g/mol. The van der Waals surface area contributed by atoms with Crippen LogP contribution in [-0.2, 0) is 6.42 Å². The van der Waals surface area contributed by atoms with Crippen LogP contribution in [0.15, 0.2) is 40.8 Å². The fourth-order valence-electron chi connectivity index (χ4n) is 2.81. The summed E-state index contributed by atoms with van der Waals surface area (Å²) >= 11 is 0. The van der Waals surface area contributed by atoms with Gasteiger partial charge in [-0.25, -0.2) is 0 Å². The lowest BCUT2D eigenvalue weighted by Gasteiger charge is -2.12. The Labute approximate surface area is 140 Å². The molecule has 3 rings (SSSR count). The van der Waals surface area contributed by atoms with Gasteiger partial charge in [-0.3, -0.25) is 0 Å². The summed E-state index contributed by atoms with van der Waals surface area (Å²) in [6.07, 6.45) is 1.56. The Morgan fingerprint density at radius 1 is 1.00 bits per heavy atom. The van der Waals surface area contributed by atoms with Gasteiger partial charge in [-0.2, -0.15) is 0 Å². The van der Waals surface area contributed by atoms with E-state index in [0.717, 1.165) is 29.4 Å². The topological polar surface area (TPSA) is 72.1 Å². The monoisotopic (exact) mass is 328 g/mol. The van der Waals surface area contributed by atoms with Crippen molar-refractivity contribution in [3.63, 3.8) is 0 Å². The minimum absolute atomic E-state index is 0.0144. The maximum atomic E-state index is 9.90. The Kier molecular flexibility index (Phi) is 4.62. The van der Waals surface area contributed by atoms with Crippen molar-refractivity contribution in [2.24, 2.45) is 0 Å². The van der Waals surface area contributed by atoms with Gasteiger partial charge in [0, 0.05) is 12.0 Å². The predicted molar refractivity (Wildman–Crippen MR) is 91.8 cm³/mol. The third-order valence-corrected chi connectivity index (χ3v) is 3.97. The minimum atomic E-state index is 0.0144. The van der Waals surface area contributed by atoms with E-state index in [2.05, 4.69) is 6.07 Å². The van der Waals surface area contributed by atoms with Gasteiger partial charge in [-0.05, 0) is 48.7 Å². The van der Waals surface area contributed by atoms with E-state index in [0.29, 0.717) is 17.1 Å². The Bertz CT molecular complexity index is 850. The zero-order chi connectivity index (χ0) is 17.1. The van der Waals surface area contributed by atoms with Crippen LogP contribution in [0.3, 0.4) is 0 Å². The molecule has 0 saturated carbocycles. The largest absolute Gasteiger partial charge is 0.504 e. The molecule has 0 aliphatic carbocycles. The van der Waals surface area contributed by atoms with Crippen LogP contribution in [0.4, 0.5) is 0 Å². The summed E-state index contributed by atoms with van der Waals surface area (Å²) in [5.74, 6) is 1.36. The van der Waals surface area contributed by atoms with Crippen molar-refractivity contribution in [1.29, 1.82) is 0 Å². The number of methoxy groups -OCH3 is 2.